The molecule has 9 heteroatoms. The second-order valence-corrected chi connectivity index (χ2v) is 6.89. The summed E-state index contributed by atoms with van der Waals surface area (Å²) >= 11 is 0. The van der Waals surface area contributed by atoms with Gasteiger partial charge in [0, 0.05) is 18.8 Å². The van der Waals surface area contributed by atoms with Gasteiger partial charge in [-0.25, -0.2) is 17.9 Å². The fraction of sp³-hybridized carbons (Fsp3) is 0.200. The molecule has 2 aromatic rings. The lowest BCUT2D eigenvalue weighted by molar-refractivity contribution is 0.0681. The minimum absolute atomic E-state index is 0.0900. The van der Waals surface area contributed by atoms with Gasteiger partial charge in [0.2, 0.25) is 15.5 Å². The van der Waals surface area contributed by atoms with E-state index in [0.29, 0.717) is 5.56 Å². The van der Waals surface area contributed by atoms with E-state index in [1.807, 2.05) is 0 Å². The van der Waals surface area contributed by atoms with Gasteiger partial charge in [0.25, 0.3) is 0 Å². The second kappa shape index (κ2) is 6.46. The Kier molecular flexibility index (Phi) is 4.76. The van der Waals surface area contributed by atoms with Crippen LogP contribution in [0.15, 0.2) is 40.0 Å². The van der Waals surface area contributed by atoms with E-state index in [1.54, 1.807) is 25.1 Å². The summed E-state index contributed by atoms with van der Waals surface area (Å²) in [7, 11) is -2.52. The van der Waals surface area contributed by atoms with Crippen LogP contribution >= 0.6 is 0 Å². The van der Waals surface area contributed by atoms with Crippen molar-refractivity contribution in [3.8, 4) is 5.75 Å². The van der Waals surface area contributed by atoms with Gasteiger partial charge in [0.15, 0.2) is 11.4 Å². The first-order chi connectivity index (χ1) is 11.1. The van der Waals surface area contributed by atoms with Crippen molar-refractivity contribution >= 4 is 16.0 Å². The van der Waals surface area contributed by atoms with Crippen LogP contribution in [0.2, 0.25) is 0 Å². The molecule has 0 saturated carbocycles. The maximum Gasteiger partial charge on any atom is 0.356 e. The first-order valence-electron chi connectivity index (χ1n) is 6.85. The number of benzene rings is 1. The van der Waals surface area contributed by atoms with Crippen LogP contribution in [0.3, 0.4) is 0 Å². The van der Waals surface area contributed by atoms with E-state index in [4.69, 9.17) is 5.11 Å². The number of aromatic carboxylic acids is 1. The normalized spacial score (nSPS) is 11.4. The Labute approximate surface area is 138 Å². The summed E-state index contributed by atoms with van der Waals surface area (Å²) in [5.41, 5.74) is -0.841. The van der Waals surface area contributed by atoms with Crippen molar-refractivity contribution in [2.75, 3.05) is 0 Å². The van der Waals surface area contributed by atoms with E-state index in [-0.39, 0.29) is 17.1 Å². The summed E-state index contributed by atoms with van der Waals surface area (Å²) in [4.78, 5) is 22.9. The van der Waals surface area contributed by atoms with E-state index in [1.165, 1.54) is 13.1 Å². The molecule has 24 heavy (non-hydrogen) atoms. The number of carbonyl (C=O) groups is 1. The van der Waals surface area contributed by atoms with Crippen molar-refractivity contribution in [3.63, 3.8) is 0 Å². The van der Waals surface area contributed by atoms with Gasteiger partial charge in [-0.15, -0.1) is 0 Å². The van der Waals surface area contributed by atoms with Crippen LogP contribution in [0, 0.1) is 6.92 Å². The number of rotatable bonds is 5. The van der Waals surface area contributed by atoms with E-state index in [9.17, 15) is 23.1 Å². The lowest BCUT2D eigenvalue weighted by atomic mass is 10.2. The van der Waals surface area contributed by atoms with Gasteiger partial charge in [-0.2, -0.15) is 0 Å². The van der Waals surface area contributed by atoms with Gasteiger partial charge >= 0.3 is 5.97 Å². The van der Waals surface area contributed by atoms with Crippen LogP contribution in [0.5, 0.6) is 5.75 Å². The molecule has 0 aliphatic heterocycles. The van der Waals surface area contributed by atoms with Gasteiger partial charge in [0.05, 0.1) is 11.4 Å². The molecule has 0 amide bonds. The molecule has 2 rings (SSSR count). The Bertz CT molecular complexity index is 962. The molecule has 0 fully saturated rings. The molecule has 0 aliphatic carbocycles. The van der Waals surface area contributed by atoms with Crippen LogP contribution in [-0.4, -0.2) is 29.2 Å². The highest BCUT2D eigenvalue weighted by atomic mass is 32.2. The molecule has 1 aromatic heterocycles. The lowest BCUT2D eigenvalue weighted by Gasteiger charge is -2.14. The van der Waals surface area contributed by atoms with E-state index in [0.717, 1.165) is 10.6 Å². The number of hydrogen-bond donors (Lipinski definition) is 3. The molecule has 0 atom stereocenters. The van der Waals surface area contributed by atoms with Crippen LogP contribution in [0.1, 0.15) is 21.7 Å². The molecular weight excluding hydrogens is 336 g/mol. The standard InChI is InChI=1S/C15H16N2O6S/c1-9-5-3-4-6-12(9)24(22,23)16-8-10-7-11(18)14(19)13(15(20)21)17(10)2/h3-7,16,19H,8H2,1-2H3,(H,20,21). The van der Waals surface area contributed by atoms with Crippen LogP contribution in [0.25, 0.3) is 0 Å². The summed E-state index contributed by atoms with van der Waals surface area (Å²) in [6.07, 6.45) is 0. The SMILES string of the molecule is Cc1ccccc1S(=O)(=O)NCc1cc(=O)c(O)c(C(=O)O)n1C. The topological polar surface area (TPSA) is 126 Å². The molecule has 3 N–H and O–H groups in total. The summed E-state index contributed by atoms with van der Waals surface area (Å²) < 4.78 is 28.1. The molecule has 0 spiro atoms. The smallest absolute Gasteiger partial charge is 0.356 e. The fourth-order valence-electron chi connectivity index (χ4n) is 2.25. The third kappa shape index (κ3) is 3.31. The van der Waals surface area contributed by atoms with E-state index < -0.39 is 32.9 Å². The quantitative estimate of drug-likeness (QED) is 0.722. The largest absolute Gasteiger partial charge is 0.502 e. The molecule has 128 valence electrons. The molecule has 8 nitrogen and oxygen atoms in total. The molecular formula is C15H16N2O6S. The number of carboxylic acids is 1. The third-order valence-electron chi connectivity index (χ3n) is 3.55. The van der Waals surface area contributed by atoms with Crippen LogP contribution in [0.4, 0.5) is 0 Å². The average molecular weight is 352 g/mol. The predicted octanol–water partition coefficient (Wildman–Crippen LogP) is 0.576. The van der Waals surface area contributed by atoms with Crippen LogP contribution in [-0.2, 0) is 23.6 Å². The summed E-state index contributed by atoms with van der Waals surface area (Å²) in [5, 5.41) is 18.6. The number of carboxylic acid groups (broad SMARTS) is 1. The Hall–Kier alpha value is -2.65. The first kappa shape index (κ1) is 17.7. The maximum atomic E-state index is 12.3. The number of pyridine rings is 1. The summed E-state index contributed by atoms with van der Waals surface area (Å²) in [6.45, 7) is 1.34. The van der Waals surface area contributed by atoms with E-state index in [2.05, 4.69) is 4.72 Å². The van der Waals surface area contributed by atoms with Crippen molar-refractivity contribution in [2.24, 2.45) is 7.05 Å². The third-order valence-corrected chi connectivity index (χ3v) is 5.11. The highest BCUT2D eigenvalue weighted by Crippen LogP contribution is 2.16. The minimum Gasteiger partial charge on any atom is -0.502 e. The van der Waals surface area contributed by atoms with Crippen molar-refractivity contribution in [1.82, 2.24) is 9.29 Å². The van der Waals surface area contributed by atoms with Gasteiger partial charge < -0.3 is 14.8 Å². The highest BCUT2D eigenvalue weighted by molar-refractivity contribution is 7.89. The molecule has 0 radical (unpaired) electrons. The number of nitrogens with one attached hydrogen (secondary N) is 1. The lowest BCUT2D eigenvalue weighted by Crippen LogP contribution is -2.28. The van der Waals surface area contributed by atoms with Crippen molar-refractivity contribution in [3.05, 3.63) is 57.5 Å². The molecule has 1 heterocycles. The van der Waals surface area contributed by atoms with Gasteiger partial charge in [-0.3, -0.25) is 4.79 Å². The van der Waals surface area contributed by atoms with Crippen molar-refractivity contribution in [2.45, 2.75) is 18.4 Å². The number of aromatic nitrogens is 1. The zero-order chi connectivity index (χ0) is 18.1. The Morgan fingerprint density at radius 3 is 2.50 bits per heavy atom. The zero-order valence-corrected chi connectivity index (χ0v) is 13.8. The zero-order valence-electron chi connectivity index (χ0n) is 13.0. The number of sulfonamides is 1. The molecule has 1 aromatic carbocycles. The van der Waals surface area contributed by atoms with E-state index >= 15 is 0 Å². The Morgan fingerprint density at radius 2 is 1.92 bits per heavy atom. The van der Waals surface area contributed by atoms with Crippen molar-refractivity contribution in [1.29, 1.82) is 0 Å². The molecule has 0 saturated heterocycles. The monoisotopic (exact) mass is 352 g/mol. The number of aryl methyl sites for hydroxylation is 1. The Morgan fingerprint density at radius 1 is 1.29 bits per heavy atom. The molecule has 0 aliphatic rings. The second-order valence-electron chi connectivity index (χ2n) is 5.15. The highest BCUT2D eigenvalue weighted by Gasteiger charge is 2.21. The average Bonchev–Trinajstić information content (AvgIpc) is 2.49. The van der Waals surface area contributed by atoms with Crippen LogP contribution < -0.4 is 10.2 Å². The van der Waals surface area contributed by atoms with Gasteiger partial charge in [-0.1, -0.05) is 18.2 Å². The number of nitrogens with zero attached hydrogens (tertiary/aromatic N) is 1. The first-order valence-corrected chi connectivity index (χ1v) is 8.34. The molecule has 0 unspecified atom stereocenters. The fourth-order valence-corrected chi connectivity index (χ4v) is 3.50. The maximum absolute atomic E-state index is 12.3. The van der Waals surface area contributed by atoms with Gasteiger partial charge in [0.1, 0.15) is 0 Å². The minimum atomic E-state index is -3.84. The van der Waals surface area contributed by atoms with Crippen molar-refractivity contribution < 1.29 is 23.4 Å². The molecule has 0 bridgehead atoms. The predicted molar refractivity (Wildman–Crippen MR) is 85.5 cm³/mol. The van der Waals surface area contributed by atoms with Gasteiger partial charge in [-0.05, 0) is 18.6 Å². The number of hydrogen-bond acceptors (Lipinski definition) is 5. The summed E-state index contributed by atoms with van der Waals surface area (Å²) in [6, 6.07) is 7.36. The summed E-state index contributed by atoms with van der Waals surface area (Å²) in [5.74, 6) is -2.38. The Balaban J connectivity index is 2.38. The number of aromatic hydroxyl groups is 1.